The molecule has 1 amide bonds. The summed E-state index contributed by atoms with van der Waals surface area (Å²) in [6, 6.07) is 14.5. The number of nitrogens with zero attached hydrogens (tertiary/aromatic N) is 3. The highest BCUT2D eigenvalue weighted by atomic mass is 16.2. The number of rotatable bonds is 3. The van der Waals surface area contributed by atoms with Gasteiger partial charge >= 0.3 is 0 Å². The number of carbonyl (C=O) groups is 1. The monoisotopic (exact) mass is 333 g/mol. The van der Waals surface area contributed by atoms with E-state index in [2.05, 4.69) is 35.3 Å². The third-order valence-electron chi connectivity index (χ3n) is 5.09. The second-order valence-electron chi connectivity index (χ2n) is 6.99. The summed E-state index contributed by atoms with van der Waals surface area (Å²) in [5.41, 5.74) is 3.99. The Morgan fingerprint density at radius 3 is 2.60 bits per heavy atom. The van der Waals surface area contributed by atoms with Gasteiger partial charge in [0.25, 0.3) is 5.91 Å². The Balaban J connectivity index is 1.40. The molecule has 1 aliphatic rings. The first-order chi connectivity index (χ1) is 12.2. The van der Waals surface area contributed by atoms with Crippen molar-refractivity contribution in [1.82, 2.24) is 14.3 Å². The molecule has 0 saturated carbocycles. The molecule has 3 heterocycles. The normalized spacial score (nSPS) is 15.6. The summed E-state index contributed by atoms with van der Waals surface area (Å²) >= 11 is 0. The van der Waals surface area contributed by atoms with Crippen LogP contribution in [0.2, 0.25) is 0 Å². The van der Waals surface area contributed by atoms with Crippen molar-refractivity contribution in [3.05, 3.63) is 71.7 Å². The lowest BCUT2D eigenvalue weighted by atomic mass is 9.90. The van der Waals surface area contributed by atoms with Crippen LogP contribution in [0, 0.1) is 12.8 Å². The molecule has 0 aliphatic carbocycles. The minimum absolute atomic E-state index is 0.131. The lowest BCUT2D eigenvalue weighted by Gasteiger charge is -2.32. The summed E-state index contributed by atoms with van der Waals surface area (Å²) in [6.45, 7) is 3.65. The van der Waals surface area contributed by atoms with Gasteiger partial charge in [0.15, 0.2) is 0 Å². The quantitative estimate of drug-likeness (QED) is 0.732. The number of hydrogen-bond donors (Lipinski definition) is 0. The summed E-state index contributed by atoms with van der Waals surface area (Å²) in [6.07, 6.45) is 7.12. The Labute approximate surface area is 148 Å². The van der Waals surface area contributed by atoms with Crippen LogP contribution in [0.15, 0.2) is 54.9 Å². The molecule has 0 atom stereocenters. The molecule has 1 saturated heterocycles. The standard InChI is InChI=1S/C21H23N3O/c1-16-14-24-15-19(7-8-20(24)22-16)21(25)23-11-9-18(10-12-23)13-17-5-3-2-4-6-17/h2-8,14-15,18H,9-13H2,1H3. The van der Waals surface area contributed by atoms with Gasteiger partial charge in [0, 0.05) is 25.5 Å². The first-order valence-corrected chi connectivity index (χ1v) is 8.97. The van der Waals surface area contributed by atoms with E-state index in [-0.39, 0.29) is 5.91 Å². The van der Waals surface area contributed by atoms with Crippen molar-refractivity contribution in [2.24, 2.45) is 5.92 Å². The minimum atomic E-state index is 0.131. The number of aryl methyl sites for hydroxylation is 1. The molecule has 0 unspecified atom stereocenters. The van der Waals surface area contributed by atoms with Crippen LogP contribution in [0.1, 0.15) is 34.5 Å². The van der Waals surface area contributed by atoms with Crippen LogP contribution in [-0.2, 0) is 6.42 Å². The van der Waals surface area contributed by atoms with E-state index in [0.29, 0.717) is 5.92 Å². The van der Waals surface area contributed by atoms with Crippen molar-refractivity contribution < 1.29 is 4.79 Å². The summed E-state index contributed by atoms with van der Waals surface area (Å²) in [5.74, 6) is 0.802. The van der Waals surface area contributed by atoms with Crippen molar-refractivity contribution in [2.75, 3.05) is 13.1 Å². The van der Waals surface area contributed by atoms with E-state index in [1.807, 2.05) is 40.8 Å². The average Bonchev–Trinajstić information content (AvgIpc) is 3.02. The number of piperidine rings is 1. The Hall–Kier alpha value is -2.62. The molecule has 0 spiro atoms. The largest absolute Gasteiger partial charge is 0.339 e. The van der Waals surface area contributed by atoms with E-state index in [9.17, 15) is 4.79 Å². The van der Waals surface area contributed by atoms with E-state index in [1.54, 1.807) is 0 Å². The molecular weight excluding hydrogens is 310 g/mol. The molecule has 128 valence electrons. The van der Waals surface area contributed by atoms with Crippen LogP contribution in [0.5, 0.6) is 0 Å². The van der Waals surface area contributed by atoms with Gasteiger partial charge < -0.3 is 9.30 Å². The Morgan fingerprint density at radius 2 is 1.84 bits per heavy atom. The van der Waals surface area contributed by atoms with Crippen molar-refractivity contribution in [3.8, 4) is 0 Å². The first kappa shape index (κ1) is 15.9. The average molecular weight is 333 g/mol. The van der Waals surface area contributed by atoms with Gasteiger partial charge in [-0.05, 0) is 49.8 Å². The van der Waals surface area contributed by atoms with Gasteiger partial charge in [0.2, 0.25) is 0 Å². The minimum Gasteiger partial charge on any atom is -0.339 e. The van der Waals surface area contributed by atoms with Crippen LogP contribution in [0.3, 0.4) is 0 Å². The topological polar surface area (TPSA) is 37.6 Å². The van der Waals surface area contributed by atoms with Crippen LogP contribution in [0.4, 0.5) is 0 Å². The van der Waals surface area contributed by atoms with Crippen LogP contribution in [0.25, 0.3) is 5.65 Å². The van der Waals surface area contributed by atoms with Gasteiger partial charge in [-0.15, -0.1) is 0 Å². The number of pyridine rings is 1. The molecule has 1 aromatic carbocycles. The van der Waals surface area contributed by atoms with Gasteiger partial charge in [-0.25, -0.2) is 4.98 Å². The molecule has 0 N–H and O–H groups in total. The van der Waals surface area contributed by atoms with E-state index < -0.39 is 0 Å². The zero-order valence-electron chi connectivity index (χ0n) is 14.6. The van der Waals surface area contributed by atoms with Crippen LogP contribution in [-0.4, -0.2) is 33.3 Å². The summed E-state index contributed by atoms with van der Waals surface area (Å²) in [7, 11) is 0. The number of imidazole rings is 1. The van der Waals surface area contributed by atoms with Crippen molar-refractivity contribution in [2.45, 2.75) is 26.2 Å². The summed E-state index contributed by atoms with van der Waals surface area (Å²) in [5, 5.41) is 0. The van der Waals surface area contributed by atoms with Crippen molar-refractivity contribution >= 4 is 11.6 Å². The second-order valence-corrected chi connectivity index (χ2v) is 6.99. The fourth-order valence-electron chi connectivity index (χ4n) is 3.72. The molecule has 0 bridgehead atoms. The molecule has 1 aliphatic heterocycles. The first-order valence-electron chi connectivity index (χ1n) is 8.97. The third-order valence-corrected chi connectivity index (χ3v) is 5.09. The maximum Gasteiger partial charge on any atom is 0.255 e. The molecule has 0 radical (unpaired) electrons. The maximum absolute atomic E-state index is 12.8. The van der Waals surface area contributed by atoms with Crippen LogP contribution < -0.4 is 0 Å². The lowest BCUT2D eigenvalue weighted by molar-refractivity contribution is 0.0690. The number of likely N-dealkylation sites (tertiary alicyclic amines) is 1. The zero-order valence-corrected chi connectivity index (χ0v) is 14.6. The second kappa shape index (κ2) is 6.71. The van der Waals surface area contributed by atoms with E-state index >= 15 is 0 Å². The molecular formula is C21H23N3O. The van der Waals surface area contributed by atoms with Crippen molar-refractivity contribution in [1.29, 1.82) is 0 Å². The number of benzene rings is 1. The molecule has 25 heavy (non-hydrogen) atoms. The van der Waals surface area contributed by atoms with Gasteiger partial charge in [0.05, 0.1) is 11.3 Å². The van der Waals surface area contributed by atoms with Gasteiger partial charge in [0.1, 0.15) is 5.65 Å². The van der Waals surface area contributed by atoms with E-state index in [1.165, 1.54) is 5.56 Å². The molecule has 2 aromatic heterocycles. The molecule has 3 aromatic rings. The lowest BCUT2D eigenvalue weighted by Crippen LogP contribution is -2.39. The number of amides is 1. The number of hydrogen-bond acceptors (Lipinski definition) is 2. The Kier molecular flexibility index (Phi) is 4.26. The summed E-state index contributed by atoms with van der Waals surface area (Å²) in [4.78, 5) is 19.2. The zero-order chi connectivity index (χ0) is 17.2. The Bertz CT molecular complexity index is 877. The SMILES string of the molecule is Cc1cn2cc(C(=O)N3CCC(Cc4ccccc4)CC3)ccc2n1. The number of fused-ring (bicyclic) bond motifs is 1. The highest BCUT2D eigenvalue weighted by Gasteiger charge is 2.24. The smallest absolute Gasteiger partial charge is 0.255 e. The Morgan fingerprint density at radius 1 is 1.08 bits per heavy atom. The van der Waals surface area contributed by atoms with Crippen molar-refractivity contribution in [3.63, 3.8) is 0 Å². The number of carbonyl (C=O) groups excluding carboxylic acids is 1. The predicted molar refractivity (Wildman–Crippen MR) is 98.7 cm³/mol. The molecule has 1 fully saturated rings. The molecule has 4 rings (SSSR count). The molecule has 4 heteroatoms. The highest BCUT2D eigenvalue weighted by Crippen LogP contribution is 2.23. The van der Waals surface area contributed by atoms with Crippen LogP contribution >= 0.6 is 0 Å². The van der Waals surface area contributed by atoms with E-state index in [0.717, 1.165) is 49.3 Å². The van der Waals surface area contributed by atoms with Gasteiger partial charge in [-0.1, -0.05) is 30.3 Å². The highest BCUT2D eigenvalue weighted by molar-refractivity contribution is 5.94. The third kappa shape index (κ3) is 3.43. The van der Waals surface area contributed by atoms with E-state index in [4.69, 9.17) is 0 Å². The summed E-state index contributed by atoms with van der Waals surface area (Å²) < 4.78 is 1.94. The molecule has 4 nitrogen and oxygen atoms in total. The number of aromatic nitrogens is 2. The predicted octanol–water partition coefficient (Wildman–Crippen LogP) is 3.74. The fourth-order valence-corrected chi connectivity index (χ4v) is 3.72. The van der Waals surface area contributed by atoms with Gasteiger partial charge in [-0.2, -0.15) is 0 Å². The fraction of sp³-hybridized carbons (Fsp3) is 0.333. The maximum atomic E-state index is 12.8. The van der Waals surface area contributed by atoms with Gasteiger partial charge in [-0.3, -0.25) is 4.79 Å².